The van der Waals surface area contributed by atoms with Gasteiger partial charge in [-0.3, -0.25) is 9.59 Å². The van der Waals surface area contributed by atoms with Gasteiger partial charge in [0.25, 0.3) is 5.91 Å². The predicted octanol–water partition coefficient (Wildman–Crippen LogP) is 1.84. The fraction of sp³-hybridized carbons (Fsp3) is 0.588. The number of aromatic carboxylic acids is 1. The molecule has 1 aromatic heterocycles. The average molecular weight is 334 g/mol. The third-order valence-electron chi connectivity index (χ3n) is 4.86. The smallest absolute Gasteiger partial charge is 0.371 e. The molecule has 0 aromatic carbocycles. The highest BCUT2D eigenvalue weighted by Gasteiger charge is 2.30. The molecule has 0 atom stereocenters. The van der Waals surface area contributed by atoms with Crippen molar-refractivity contribution in [2.24, 2.45) is 5.92 Å². The molecule has 7 nitrogen and oxygen atoms in total. The van der Waals surface area contributed by atoms with E-state index in [1.165, 1.54) is 18.6 Å². The van der Waals surface area contributed by atoms with E-state index in [1.807, 2.05) is 4.90 Å². The molecular formula is C17H22N2O5. The highest BCUT2D eigenvalue weighted by molar-refractivity contribution is 5.93. The first-order chi connectivity index (χ1) is 11.6. The number of amides is 2. The summed E-state index contributed by atoms with van der Waals surface area (Å²) in [5.41, 5.74) is 0. The van der Waals surface area contributed by atoms with Crippen LogP contribution in [0.1, 0.15) is 53.2 Å². The minimum Gasteiger partial charge on any atom is -0.475 e. The molecule has 2 amide bonds. The van der Waals surface area contributed by atoms with Gasteiger partial charge in [0.1, 0.15) is 0 Å². The van der Waals surface area contributed by atoms with Crippen LogP contribution in [0.4, 0.5) is 0 Å². The Balaban J connectivity index is 1.55. The zero-order valence-corrected chi connectivity index (χ0v) is 13.6. The molecule has 7 heteroatoms. The summed E-state index contributed by atoms with van der Waals surface area (Å²) in [5.74, 6) is -1.38. The van der Waals surface area contributed by atoms with Crippen molar-refractivity contribution >= 4 is 17.8 Å². The Bertz CT molecular complexity index is 625. The van der Waals surface area contributed by atoms with Gasteiger partial charge in [0.2, 0.25) is 11.7 Å². The Morgan fingerprint density at radius 1 is 0.917 bits per heavy atom. The van der Waals surface area contributed by atoms with E-state index in [0.29, 0.717) is 26.2 Å². The third kappa shape index (κ3) is 3.44. The van der Waals surface area contributed by atoms with Gasteiger partial charge in [0.05, 0.1) is 0 Å². The number of carbonyl (C=O) groups is 3. The number of hydrogen-bond donors (Lipinski definition) is 1. The Hall–Kier alpha value is -2.31. The van der Waals surface area contributed by atoms with Crippen molar-refractivity contribution in [2.45, 2.75) is 32.1 Å². The van der Waals surface area contributed by atoms with Crippen molar-refractivity contribution in [1.82, 2.24) is 9.80 Å². The Labute approximate surface area is 140 Å². The van der Waals surface area contributed by atoms with Crippen molar-refractivity contribution in [3.63, 3.8) is 0 Å². The van der Waals surface area contributed by atoms with Crippen LogP contribution < -0.4 is 0 Å². The van der Waals surface area contributed by atoms with Crippen molar-refractivity contribution in [1.29, 1.82) is 0 Å². The average Bonchev–Trinajstić information content (AvgIpc) is 3.12. The van der Waals surface area contributed by atoms with Gasteiger partial charge in [-0.2, -0.15) is 0 Å². The first-order valence-electron chi connectivity index (χ1n) is 8.47. The van der Waals surface area contributed by atoms with Crippen molar-refractivity contribution < 1.29 is 23.9 Å². The molecule has 0 unspecified atom stereocenters. The van der Waals surface area contributed by atoms with Crippen LogP contribution in [0.25, 0.3) is 0 Å². The Kier molecular flexibility index (Phi) is 4.87. The molecule has 1 aliphatic heterocycles. The number of rotatable bonds is 3. The molecule has 2 heterocycles. The second kappa shape index (κ2) is 7.07. The summed E-state index contributed by atoms with van der Waals surface area (Å²) < 4.78 is 5.06. The van der Waals surface area contributed by atoms with Crippen LogP contribution in [0.2, 0.25) is 0 Å². The quantitative estimate of drug-likeness (QED) is 0.911. The number of carboxylic acid groups (broad SMARTS) is 1. The molecule has 0 radical (unpaired) electrons. The lowest BCUT2D eigenvalue weighted by atomic mass is 9.88. The van der Waals surface area contributed by atoms with E-state index in [9.17, 15) is 14.4 Å². The van der Waals surface area contributed by atoms with Crippen LogP contribution in [-0.4, -0.2) is 58.9 Å². The molecule has 1 aromatic rings. The van der Waals surface area contributed by atoms with Crippen LogP contribution in [-0.2, 0) is 4.79 Å². The lowest BCUT2D eigenvalue weighted by Crippen LogP contribution is -2.52. The summed E-state index contributed by atoms with van der Waals surface area (Å²) >= 11 is 0. The highest BCUT2D eigenvalue weighted by atomic mass is 16.4. The molecule has 1 N–H and O–H groups in total. The molecule has 2 fully saturated rings. The van der Waals surface area contributed by atoms with E-state index >= 15 is 0 Å². The summed E-state index contributed by atoms with van der Waals surface area (Å²) in [6.07, 6.45) is 5.41. The zero-order chi connectivity index (χ0) is 17.1. The minimum atomic E-state index is -1.20. The van der Waals surface area contributed by atoms with E-state index in [-0.39, 0.29) is 29.3 Å². The molecule has 1 saturated heterocycles. The van der Waals surface area contributed by atoms with Gasteiger partial charge < -0.3 is 19.3 Å². The molecule has 0 spiro atoms. The van der Waals surface area contributed by atoms with Crippen LogP contribution in [0.3, 0.4) is 0 Å². The van der Waals surface area contributed by atoms with E-state index < -0.39 is 5.97 Å². The third-order valence-corrected chi connectivity index (χ3v) is 4.86. The lowest BCUT2D eigenvalue weighted by molar-refractivity contribution is -0.138. The molecule has 2 aliphatic rings. The molecule has 1 saturated carbocycles. The van der Waals surface area contributed by atoms with Gasteiger partial charge in [-0.1, -0.05) is 19.3 Å². The Morgan fingerprint density at radius 3 is 2.08 bits per heavy atom. The van der Waals surface area contributed by atoms with Crippen molar-refractivity contribution in [3.05, 3.63) is 23.7 Å². The summed E-state index contributed by atoms with van der Waals surface area (Å²) in [4.78, 5) is 39.1. The van der Waals surface area contributed by atoms with Gasteiger partial charge >= 0.3 is 5.97 Å². The number of hydrogen-bond acceptors (Lipinski definition) is 4. The minimum absolute atomic E-state index is 0.0273. The monoisotopic (exact) mass is 334 g/mol. The van der Waals surface area contributed by atoms with Crippen molar-refractivity contribution in [3.8, 4) is 0 Å². The molecule has 3 rings (SSSR count). The van der Waals surface area contributed by atoms with Crippen LogP contribution in [0.5, 0.6) is 0 Å². The highest BCUT2D eigenvalue weighted by Crippen LogP contribution is 2.26. The molecule has 130 valence electrons. The second-order valence-electron chi connectivity index (χ2n) is 6.42. The van der Waals surface area contributed by atoms with Gasteiger partial charge in [-0.25, -0.2) is 4.79 Å². The van der Waals surface area contributed by atoms with Gasteiger partial charge in [-0.05, 0) is 25.0 Å². The molecule has 24 heavy (non-hydrogen) atoms. The van der Waals surface area contributed by atoms with Gasteiger partial charge in [0.15, 0.2) is 5.76 Å². The zero-order valence-electron chi connectivity index (χ0n) is 13.6. The maximum Gasteiger partial charge on any atom is 0.371 e. The van der Waals surface area contributed by atoms with Crippen LogP contribution >= 0.6 is 0 Å². The summed E-state index contributed by atoms with van der Waals surface area (Å²) in [6.45, 7) is 1.93. The van der Waals surface area contributed by atoms with Crippen LogP contribution in [0, 0.1) is 5.92 Å². The molecular weight excluding hydrogens is 312 g/mol. The van der Waals surface area contributed by atoms with E-state index in [4.69, 9.17) is 9.52 Å². The maximum absolute atomic E-state index is 12.5. The fourth-order valence-electron chi connectivity index (χ4n) is 3.46. The largest absolute Gasteiger partial charge is 0.475 e. The van der Waals surface area contributed by atoms with E-state index in [0.717, 1.165) is 25.7 Å². The normalized spacial score (nSPS) is 19.3. The second-order valence-corrected chi connectivity index (χ2v) is 6.42. The number of furan rings is 1. The number of nitrogens with zero attached hydrogens (tertiary/aromatic N) is 2. The van der Waals surface area contributed by atoms with E-state index in [2.05, 4.69) is 0 Å². The standard InChI is InChI=1S/C17H22N2O5/c20-15(12-4-2-1-3-5-12)18-8-10-19(11-9-18)16(21)13-6-7-14(24-13)17(22)23/h6-7,12H,1-5,8-11H2,(H,22,23). The maximum atomic E-state index is 12.5. The fourth-order valence-corrected chi connectivity index (χ4v) is 3.46. The van der Waals surface area contributed by atoms with Gasteiger partial charge in [-0.15, -0.1) is 0 Å². The SMILES string of the molecule is O=C(O)c1ccc(C(=O)N2CCN(C(=O)C3CCCCC3)CC2)o1. The predicted molar refractivity (Wildman–Crippen MR) is 84.7 cm³/mol. The summed E-state index contributed by atoms with van der Waals surface area (Å²) in [5, 5.41) is 8.85. The van der Waals surface area contributed by atoms with Crippen molar-refractivity contribution in [2.75, 3.05) is 26.2 Å². The van der Waals surface area contributed by atoms with Gasteiger partial charge in [0, 0.05) is 32.1 Å². The topological polar surface area (TPSA) is 91.1 Å². The summed E-state index contributed by atoms with van der Waals surface area (Å²) in [7, 11) is 0. The molecule has 0 bridgehead atoms. The molecule has 1 aliphatic carbocycles. The number of carbonyl (C=O) groups excluding carboxylic acids is 2. The van der Waals surface area contributed by atoms with E-state index in [1.54, 1.807) is 4.90 Å². The first-order valence-corrected chi connectivity index (χ1v) is 8.47. The number of piperazine rings is 1. The first kappa shape index (κ1) is 16.5. The van der Waals surface area contributed by atoms with Crippen LogP contribution in [0.15, 0.2) is 16.5 Å². The lowest BCUT2D eigenvalue weighted by Gasteiger charge is -2.36. The number of carboxylic acids is 1. The Morgan fingerprint density at radius 2 is 1.50 bits per heavy atom. The summed E-state index contributed by atoms with van der Waals surface area (Å²) in [6, 6.07) is 2.66.